The fraction of sp³-hybridized carbons (Fsp3) is 0.594. The number of carbonyl (C=O) groups is 1. The third-order valence-electron chi connectivity index (χ3n) is 8.37. The molecule has 2 aromatic carbocycles. The Morgan fingerprint density at radius 1 is 0.950 bits per heavy atom. The van der Waals surface area contributed by atoms with E-state index in [1.807, 2.05) is 12.1 Å². The van der Waals surface area contributed by atoms with Crippen LogP contribution in [0.4, 0.5) is 5.69 Å². The van der Waals surface area contributed by atoms with Gasteiger partial charge in [-0.1, -0.05) is 64.0 Å². The van der Waals surface area contributed by atoms with Crippen molar-refractivity contribution >= 4 is 21.6 Å². The van der Waals surface area contributed by atoms with E-state index in [-0.39, 0.29) is 11.9 Å². The predicted octanol–water partition coefficient (Wildman–Crippen LogP) is 6.71. The smallest absolute Gasteiger partial charge is 0.229 e. The van der Waals surface area contributed by atoms with E-state index in [9.17, 15) is 13.2 Å². The van der Waals surface area contributed by atoms with Gasteiger partial charge < -0.3 is 10.1 Å². The maximum Gasteiger partial charge on any atom is 0.229 e. The Morgan fingerprint density at radius 2 is 1.57 bits per heavy atom. The molecule has 2 N–H and O–H groups in total. The van der Waals surface area contributed by atoms with Gasteiger partial charge in [-0.05, 0) is 73.1 Å². The normalized spacial score (nSPS) is 18.2. The molecule has 4 rings (SSSR count). The second kappa shape index (κ2) is 14.9. The van der Waals surface area contributed by atoms with Gasteiger partial charge in [0.1, 0.15) is 11.5 Å². The molecule has 1 aliphatic carbocycles. The van der Waals surface area contributed by atoms with Crippen LogP contribution in [-0.2, 0) is 21.4 Å². The Hall–Kier alpha value is -2.58. The highest BCUT2D eigenvalue weighted by Crippen LogP contribution is 2.34. The van der Waals surface area contributed by atoms with E-state index in [1.54, 1.807) is 24.3 Å². The number of carbonyl (C=O) groups excluding carboxylic acids is 1. The molecular formula is C32H47N3O4S. The first kappa shape index (κ1) is 30.4. The zero-order valence-corrected chi connectivity index (χ0v) is 25.1. The summed E-state index contributed by atoms with van der Waals surface area (Å²) < 4.78 is 31.1. The number of rotatable bonds is 13. The summed E-state index contributed by atoms with van der Waals surface area (Å²) in [7, 11) is -3.30. The van der Waals surface area contributed by atoms with Crippen molar-refractivity contribution in [3.05, 3.63) is 54.1 Å². The molecule has 1 atom stereocenters. The zero-order chi connectivity index (χ0) is 28.4. The van der Waals surface area contributed by atoms with Gasteiger partial charge in [0.05, 0.1) is 6.26 Å². The van der Waals surface area contributed by atoms with Gasteiger partial charge in [-0.15, -0.1) is 0 Å². The third kappa shape index (κ3) is 10.1. The minimum absolute atomic E-state index is 0.266. The summed E-state index contributed by atoms with van der Waals surface area (Å²) in [4.78, 5) is 15.4. The van der Waals surface area contributed by atoms with Crippen molar-refractivity contribution in [1.82, 2.24) is 10.2 Å². The number of sulfonamides is 1. The predicted molar refractivity (Wildman–Crippen MR) is 162 cm³/mol. The SMILES string of the molecule is CCCCC(CC(=O)NC1CCN(Cc2ccc(Oc3ccc(NS(C)(=O)=O)cc3)cc2)CC1)C1CCCCC1. The standard InChI is InChI=1S/C32H47N3O4S/c1-3-4-8-27(26-9-6-5-7-10-26)23-32(36)33-28-19-21-35(22-20-28)24-25-11-15-30(16-12-25)39-31-17-13-29(14-18-31)34-40(2,37)38/h11-18,26-28,34H,3-10,19-24H2,1-2H3,(H,33,36). The van der Waals surface area contributed by atoms with Gasteiger partial charge in [-0.3, -0.25) is 14.4 Å². The summed E-state index contributed by atoms with van der Waals surface area (Å²) in [6, 6.07) is 15.2. The Labute approximate surface area is 241 Å². The molecule has 1 unspecified atom stereocenters. The van der Waals surface area contributed by atoms with Gasteiger partial charge in [-0.25, -0.2) is 8.42 Å². The lowest BCUT2D eigenvalue weighted by atomic mass is 9.76. The number of nitrogens with zero attached hydrogens (tertiary/aromatic N) is 1. The van der Waals surface area contributed by atoms with Gasteiger partial charge in [-0.2, -0.15) is 0 Å². The van der Waals surface area contributed by atoms with Crippen LogP contribution in [0.5, 0.6) is 11.5 Å². The fourth-order valence-corrected chi connectivity index (χ4v) is 6.76. The van der Waals surface area contributed by atoms with E-state index in [2.05, 4.69) is 34.0 Å². The molecule has 0 radical (unpaired) electrons. The highest BCUT2D eigenvalue weighted by molar-refractivity contribution is 7.92. The molecule has 1 saturated heterocycles. The van der Waals surface area contributed by atoms with Crippen LogP contribution in [0.3, 0.4) is 0 Å². The minimum Gasteiger partial charge on any atom is -0.457 e. The largest absolute Gasteiger partial charge is 0.457 e. The lowest BCUT2D eigenvalue weighted by Crippen LogP contribution is -2.45. The molecule has 2 aliphatic rings. The Kier molecular flexibility index (Phi) is 11.3. The van der Waals surface area contributed by atoms with E-state index in [4.69, 9.17) is 4.74 Å². The maximum atomic E-state index is 13.0. The summed E-state index contributed by atoms with van der Waals surface area (Å²) in [5.41, 5.74) is 1.73. The van der Waals surface area contributed by atoms with Crippen LogP contribution in [0.1, 0.15) is 83.1 Å². The van der Waals surface area contributed by atoms with Gasteiger partial charge in [0, 0.05) is 37.8 Å². The van der Waals surface area contributed by atoms with E-state index < -0.39 is 10.0 Å². The average Bonchev–Trinajstić information content (AvgIpc) is 2.94. The topological polar surface area (TPSA) is 87.7 Å². The summed E-state index contributed by atoms with van der Waals surface area (Å²) in [5.74, 6) is 2.95. The molecule has 2 aromatic rings. The highest BCUT2D eigenvalue weighted by atomic mass is 32.2. The monoisotopic (exact) mass is 569 g/mol. The lowest BCUT2D eigenvalue weighted by molar-refractivity contribution is -0.123. The number of benzene rings is 2. The van der Waals surface area contributed by atoms with E-state index in [0.717, 1.165) is 50.4 Å². The Balaban J connectivity index is 1.18. The van der Waals surface area contributed by atoms with Crippen molar-refractivity contribution < 1.29 is 17.9 Å². The van der Waals surface area contributed by atoms with Crippen LogP contribution < -0.4 is 14.8 Å². The molecule has 40 heavy (non-hydrogen) atoms. The quantitative estimate of drug-likeness (QED) is 0.280. The number of hydrogen-bond donors (Lipinski definition) is 2. The lowest BCUT2D eigenvalue weighted by Gasteiger charge is -2.34. The van der Waals surface area contributed by atoms with Crippen LogP contribution >= 0.6 is 0 Å². The maximum absolute atomic E-state index is 13.0. The molecule has 2 fully saturated rings. The molecule has 220 valence electrons. The number of likely N-dealkylation sites (tertiary alicyclic amines) is 1. The molecule has 0 spiro atoms. The van der Waals surface area contributed by atoms with Crippen molar-refractivity contribution in [2.45, 2.75) is 90.1 Å². The molecular weight excluding hydrogens is 522 g/mol. The first-order valence-corrected chi connectivity index (χ1v) is 17.0. The first-order chi connectivity index (χ1) is 19.3. The molecule has 7 nitrogen and oxygen atoms in total. The second-order valence-electron chi connectivity index (χ2n) is 11.8. The molecule has 1 heterocycles. The van der Waals surface area contributed by atoms with Crippen LogP contribution in [0, 0.1) is 11.8 Å². The number of piperidine rings is 1. The van der Waals surface area contributed by atoms with Gasteiger partial charge >= 0.3 is 0 Å². The van der Waals surface area contributed by atoms with Crippen molar-refractivity contribution in [2.24, 2.45) is 11.8 Å². The number of nitrogens with one attached hydrogen (secondary N) is 2. The summed E-state index contributed by atoms with van der Waals surface area (Å²) >= 11 is 0. The zero-order valence-electron chi connectivity index (χ0n) is 24.2. The number of hydrogen-bond acceptors (Lipinski definition) is 5. The van der Waals surface area contributed by atoms with Crippen LogP contribution in [0.2, 0.25) is 0 Å². The molecule has 0 bridgehead atoms. The fourth-order valence-electron chi connectivity index (χ4n) is 6.20. The van der Waals surface area contributed by atoms with Crippen molar-refractivity contribution in [3.8, 4) is 11.5 Å². The van der Waals surface area contributed by atoms with E-state index >= 15 is 0 Å². The second-order valence-corrected chi connectivity index (χ2v) is 13.5. The summed E-state index contributed by atoms with van der Waals surface area (Å²) in [6.45, 7) is 5.10. The van der Waals surface area contributed by atoms with Gasteiger partial charge in [0.15, 0.2) is 0 Å². The van der Waals surface area contributed by atoms with E-state index in [0.29, 0.717) is 23.8 Å². The van der Waals surface area contributed by atoms with E-state index in [1.165, 1.54) is 56.9 Å². The Bertz CT molecular complexity index is 1150. The molecule has 0 aromatic heterocycles. The number of anilines is 1. The summed E-state index contributed by atoms with van der Waals surface area (Å²) in [5, 5.41) is 3.38. The van der Waals surface area contributed by atoms with Gasteiger partial charge in [0.25, 0.3) is 0 Å². The Morgan fingerprint density at radius 3 is 2.17 bits per heavy atom. The molecule has 1 aliphatic heterocycles. The average molecular weight is 570 g/mol. The number of amides is 1. The third-order valence-corrected chi connectivity index (χ3v) is 8.97. The number of ether oxygens (including phenoxy) is 1. The molecule has 1 saturated carbocycles. The highest BCUT2D eigenvalue weighted by Gasteiger charge is 2.27. The molecule has 8 heteroatoms. The van der Waals surface area contributed by atoms with Gasteiger partial charge in [0.2, 0.25) is 15.9 Å². The van der Waals surface area contributed by atoms with Crippen molar-refractivity contribution in [1.29, 1.82) is 0 Å². The van der Waals surface area contributed by atoms with Crippen molar-refractivity contribution in [2.75, 3.05) is 24.1 Å². The number of unbranched alkanes of at least 4 members (excludes halogenated alkanes) is 1. The minimum atomic E-state index is -3.30. The first-order valence-electron chi connectivity index (χ1n) is 15.1. The van der Waals surface area contributed by atoms with Crippen molar-refractivity contribution in [3.63, 3.8) is 0 Å². The van der Waals surface area contributed by atoms with Crippen LogP contribution in [-0.4, -0.2) is 44.6 Å². The van der Waals surface area contributed by atoms with Crippen LogP contribution in [0.25, 0.3) is 0 Å². The molecule has 1 amide bonds. The summed E-state index contributed by atoms with van der Waals surface area (Å²) in [6.07, 6.45) is 14.1. The van der Waals surface area contributed by atoms with Crippen LogP contribution in [0.15, 0.2) is 48.5 Å².